The smallest absolute Gasteiger partial charge is 0.356 e. The Hall–Kier alpha value is -3.90. The number of halogens is 6. The third-order valence-electron chi connectivity index (χ3n) is 8.14. The second kappa shape index (κ2) is 11.2. The molecule has 0 aliphatic heterocycles. The summed E-state index contributed by atoms with van der Waals surface area (Å²) in [6.07, 6.45) is -2.19. The van der Waals surface area contributed by atoms with Gasteiger partial charge in [-0.25, -0.2) is 15.0 Å². The van der Waals surface area contributed by atoms with E-state index >= 15 is 0 Å². The van der Waals surface area contributed by atoms with Gasteiger partial charge in [0.25, 0.3) is 0 Å². The summed E-state index contributed by atoms with van der Waals surface area (Å²) in [5, 5.41) is 5.37. The molecule has 234 valence electrons. The van der Waals surface area contributed by atoms with Crippen LogP contribution in [0.2, 0.25) is 0 Å². The highest BCUT2D eigenvalue weighted by molar-refractivity contribution is 5.82. The molecule has 0 N–H and O–H groups in total. The molecule has 6 rings (SSSR count). The van der Waals surface area contributed by atoms with E-state index in [1.807, 2.05) is 20.0 Å². The number of anilines is 2. The van der Waals surface area contributed by atoms with Crippen LogP contribution in [0.1, 0.15) is 59.2 Å². The summed E-state index contributed by atoms with van der Waals surface area (Å²) in [4.78, 5) is 17.8. The second-order valence-electron chi connectivity index (χ2n) is 12.2. The van der Waals surface area contributed by atoms with Gasteiger partial charge in [-0.05, 0) is 86.8 Å². The average molecular weight is 618 g/mol. The van der Waals surface area contributed by atoms with Crippen molar-refractivity contribution in [2.75, 3.05) is 22.9 Å². The van der Waals surface area contributed by atoms with Gasteiger partial charge in [0.2, 0.25) is 5.95 Å². The van der Waals surface area contributed by atoms with E-state index in [1.54, 1.807) is 28.9 Å². The quantitative estimate of drug-likeness (QED) is 0.175. The van der Waals surface area contributed by atoms with E-state index in [1.165, 1.54) is 0 Å². The Kier molecular flexibility index (Phi) is 7.69. The fourth-order valence-corrected chi connectivity index (χ4v) is 5.52. The number of benzene rings is 1. The van der Waals surface area contributed by atoms with Crippen LogP contribution in [0, 0.1) is 25.7 Å². The first kappa shape index (κ1) is 30.1. The zero-order chi connectivity index (χ0) is 31.4. The van der Waals surface area contributed by atoms with Crippen LogP contribution >= 0.6 is 0 Å². The lowest BCUT2D eigenvalue weighted by Gasteiger charge is -2.29. The van der Waals surface area contributed by atoms with Gasteiger partial charge in [-0.2, -0.15) is 31.4 Å². The van der Waals surface area contributed by atoms with Gasteiger partial charge in [-0.15, -0.1) is 0 Å². The van der Waals surface area contributed by atoms with Gasteiger partial charge in [0, 0.05) is 56.6 Å². The maximum Gasteiger partial charge on any atom is 0.416 e. The van der Waals surface area contributed by atoms with Crippen molar-refractivity contribution in [2.45, 2.75) is 65.0 Å². The molecule has 13 heteroatoms. The number of pyridine rings is 1. The summed E-state index contributed by atoms with van der Waals surface area (Å²) in [6.45, 7) is 5.17. The number of hydrogen-bond donors (Lipinski definition) is 0. The van der Waals surface area contributed by atoms with Gasteiger partial charge in [-0.3, -0.25) is 4.68 Å². The predicted octanol–water partition coefficient (Wildman–Crippen LogP) is 7.25. The number of rotatable bonds is 10. The highest BCUT2D eigenvalue weighted by atomic mass is 19.4. The van der Waals surface area contributed by atoms with E-state index in [0.29, 0.717) is 17.5 Å². The van der Waals surface area contributed by atoms with Crippen molar-refractivity contribution in [3.8, 4) is 0 Å². The van der Waals surface area contributed by atoms with Gasteiger partial charge in [-0.1, -0.05) is 0 Å². The predicted molar refractivity (Wildman–Crippen MR) is 154 cm³/mol. The van der Waals surface area contributed by atoms with Crippen LogP contribution < -0.4 is 9.80 Å². The SMILES string of the molecule is Cc1cnc(N(Cc2cc(C(F)(F)F)cc(C(F)(F)F)c2)Cc2cc3c(C)nn(C)c3nc2N(CC2CC2)CC2CC2)nc1. The lowest BCUT2D eigenvalue weighted by atomic mass is 10.0. The largest absolute Gasteiger partial charge is 0.416 e. The Balaban J connectivity index is 1.45. The Morgan fingerprint density at radius 1 is 0.795 bits per heavy atom. The summed E-state index contributed by atoms with van der Waals surface area (Å²) >= 11 is 0. The highest BCUT2D eigenvalue weighted by Crippen LogP contribution is 2.39. The van der Waals surface area contributed by atoms with Gasteiger partial charge >= 0.3 is 12.4 Å². The molecule has 0 amide bonds. The average Bonchev–Trinajstić information content (AvgIpc) is 3.89. The highest BCUT2D eigenvalue weighted by Gasteiger charge is 2.37. The topological polar surface area (TPSA) is 63.0 Å². The lowest BCUT2D eigenvalue weighted by molar-refractivity contribution is -0.143. The molecule has 2 aliphatic carbocycles. The summed E-state index contributed by atoms with van der Waals surface area (Å²) in [7, 11) is 1.83. The summed E-state index contributed by atoms with van der Waals surface area (Å²) < 4.78 is 84.0. The summed E-state index contributed by atoms with van der Waals surface area (Å²) in [5.74, 6) is 2.06. The molecule has 0 atom stereocenters. The Labute approximate surface area is 250 Å². The molecule has 0 radical (unpaired) electrons. The molecule has 0 unspecified atom stereocenters. The van der Waals surface area contributed by atoms with Crippen molar-refractivity contribution >= 4 is 22.8 Å². The molecule has 2 saturated carbocycles. The van der Waals surface area contributed by atoms with Gasteiger partial charge in [0.05, 0.1) is 16.8 Å². The first-order valence-corrected chi connectivity index (χ1v) is 14.6. The van der Waals surface area contributed by atoms with Crippen molar-refractivity contribution in [3.63, 3.8) is 0 Å². The lowest BCUT2D eigenvalue weighted by Crippen LogP contribution is -2.32. The standard InChI is InChI=1S/C31H33F6N7/c1-18-12-38-29(39-13-18)44(16-22-8-24(30(32,33)34)11-25(9-22)31(35,36)37)17-23-10-26-19(2)41-42(3)28(26)40-27(23)43(14-20-4-5-20)15-21-6-7-21/h8-13,20-21H,4-7,14-17H2,1-3H3. The van der Waals surface area contributed by atoms with E-state index in [-0.39, 0.29) is 30.7 Å². The van der Waals surface area contributed by atoms with Gasteiger partial charge in [0.1, 0.15) is 5.82 Å². The van der Waals surface area contributed by atoms with Crippen LogP contribution in [0.15, 0.2) is 36.7 Å². The van der Waals surface area contributed by atoms with Crippen molar-refractivity contribution in [1.82, 2.24) is 24.7 Å². The first-order chi connectivity index (χ1) is 20.7. The molecule has 4 aromatic rings. The molecule has 1 aromatic carbocycles. The van der Waals surface area contributed by atoms with Crippen LogP contribution in [0.4, 0.5) is 38.1 Å². The van der Waals surface area contributed by atoms with E-state index in [0.717, 1.165) is 78.9 Å². The van der Waals surface area contributed by atoms with Gasteiger partial charge in [0.15, 0.2) is 5.65 Å². The summed E-state index contributed by atoms with van der Waals surface area (Å²) in [5.41, 5.74) is 0.151. The fraction of sp³-hybridized carbons (Fsp3) is 0.484. The van der Waals surface area contributed by atoms with Crippen LogP contribution in [-0.2, 0) is 32.5 Å². The van der Waals surface area contributed by atoms with Crippen LogP contribution in [-0.4, -0.2) is 37.8 Å². The monoisotopic (exact) mass is 617 g/mol. The third-order valence-corrected chi connectivity index (χ3v) is 8.14. The van der Waals surface area contributed by atoms with Crippen molar-refractivity contribution in [3.05, 3.63) is 70.2 Å². The minimum Gasteiger partial charge on any atom is -0.356 e. The van der Waals surface area contributed by atoms with E-state index < -0.39 is 23.5 Å². The first-order valence-electron chi connectivity index (χ1n) is 14.6. The Morgan fingerprint density at radius 3 is 1.89 bits per heavy atom. The summed E-state index contributed by atoms with van der Waals surface area (Å²) in [6, 6.07) is 3.65. The zero-order valence-electron chi connectivity index (χ0n) is 24.7. The van der Waals surface area contributed by atoms with E-state index in [9.17, 15) is 26.3 Å². The zero-order valence-corrected chi connectivity index (χ0v) is 24.7. The number of fused-ring (bicyclic) bond motifs is 1. The van der Waals surface area contributed by atoms with Crippen molar-refractivity contribution in [2.24, 2.45) is 18.9 Å². The molecule has 0 spiro atoms. The number of aryl methyl sites for hydroxylation is 3. The van der Waals surface area contributed by atoms with Crippen molar-refractivity contribution in [1.29, 1.82) is 0 Å². The second-order valence-corrected chi connectivity index (χ2v) is 12.2. The number of aromatic nitrogens is 5. The molecule has 3 aromatic heterocycles. The molecular formula is C31H33F6N7. The van der Waals surface area contributed by atoms with Gasteiger partial charge < -0.3 is 9.80 Å². The van der Waals surface area contributed by atoms with Crippen LogP contribution in [0.3, 0.4) is 0 Å². The maximum atomic E-state index is 13.7. The molecular weight excluding hydrogens is 584 g/mol. The molecule has 2 aliphatic rings. The maximum absolute atomic E-state index is 13.7. The molecule has 0 bridgehead atoms. The molecule has 0 saturated heterocycles. The molecule has 7 nitrogen and oxygen atoms in total. The number of alkyl halides is 6. The number of hydrogen-bond acceptors (Lipinski definition) is 6. The van der Waals surface area contributed by atoms with E-state index in [2.05, 4.69) is 20.0 Å². The minimum atomic E-state index is -4.95. The van der Waals surface area contributed by atoms with Crippen molar-refractivity contribution < 1.29 is 26.3 Å². The Bertz CT molecular complexity index is 1610. The number of nitrogens with zero attached hydrogens (tertiary/aromatic N) is 7. The fourth-order valence-electron chi connectivity index (χ4n) is 5.52. The molecule has 3 heterocycles. The van der Waals surface area contributed by atoms with E-state index in [4.69, 9.17) is 4.98 Å². The third kappa shape index (κ3) is 6.76. The Morgan fingerprint density at radius 2 is 1.36 bits per heavy atom. The minimum absolute atomic E-state index is 0.110. The molecule has 2 fully saturated rings. The molecule has 44 heavy (non-hydrogen) atoms. The van der Waals surface area contributed by atoms with Crippen LogP contribution in [0.25, 0.3) is 11.0 Å². The van der Waals surface area contributed by atoms with Crippen LogP contribution in [0.5, 0.6) is 0 Å². The normalized spacial score (nSPS) is 15.7.